The predicted molar refractivity (Wildman–Crippen MR) is 78.6 cm³/mol. The minimum atomic E-state index is 0.0748. The van der Waals surface area contributed by atoms with Gasteiger partial charge in [0.1, 0.15) is 0 Å². The molecule has 0 saturated heterocycles. The number of aliphatic hydroxyl groups is 1. The minimum Gasteiger partial charge on any atom is -0.392 e. The lowest BCUT2D eigenvalue weighted by atomic mass is 10.1. The molecule has 0 aliphatic rings. The molecule has 3 heteroatoms. The summed E-state index contributed by atoms with van der Waals surface area (Å²) in [5.74, 6) is 0. The summed E-state index contributed by atoms with van der Waals surface area (Å²) >= 11 is 3.53. The molecule has 0 spiro atoms. The Bertz CT molecular complexity index is 540. The fourth-order valence-corrected chi connectivity index (χ4v) is 2.23. The van der Waals surface area contributed by atoms with Crippen molar-refractivity contribution in [2.24, 2.45) is 0 Å². The van der Waals surface area contributed by atoms with Gasteiger partial charge in [0.2, 0.25) is 0 Å². The smallest absolute Gasteiger partial charge is 0.0682 e. The van der Waals surface area contributed by atoms with E-state index in [1.165, 1.54) is 11.1 Å². The third-order valence-electron chi connectivity index (χ3n) is 2.97. The summed E-state index contributed by atoms with van der Waals surface area (Å²) < 4.78 is 1.13. The molecule has 0 bridgehead atoms. The molecule has 94 valence electrons. The van der Waals surface area contributed by atoms with Crippen molar-refractivity contribution in [3.8, 4) is 0 Å². The van der Waals surface area contributed by atoms with Gasteiger partial charge in [-0.1, -0.05) is 40.2 Å². The zero-order valence-corrected chi connectivity index (χ0v) is 11.9. The third-order valence-corrected chi connectivity index (χ3v) is 3.83. The number of benzene rings is 2. The van der Waals surface area contributed by atoms with Crippen LogP contribution in [0.4, 0.5) is 5.69 Å². The van der Waals surface area contributed by atoms with E-state index in [-0.39, 0.29) is 6.61 Å². The first-order valence-electron chi connectivity index (χ1n) is 5.88. The molecule has 0 atom stereocenters. The highest BCUT2D eigenvalue weighted by Crippen LogP contribution is 2.20. The van der Waals surface area contributed by atoms with Crippen LogP contribution in [0.25, 0.3) is 0 Å². The van der Waals surface area contributed by atoms with E-state index < -0.39 is 0 Å². The van der Waals surface area contributed by atoms with E-state index in [0.29, 0.717) is 0 Å². The maximum atomic E-state index is 9.09. The summed E-state index contributed by atoms with van der Waals surface area (Å²) in [5.41, 5.74) is 4.47. The molecule has 2 aromatic carbocycles. The topological polar surface area (TPSA) is 32.3 Å². The van der Waals surface area contributed by atoms with Crippen molar-refractivity contribution in [1.29, 1.82) is 0 Å². The predicted octanol–water partition coefficient (Wildman–Crippen LogP) is 3.86. The van der Waals surface area contributed by atoms with Gasteiger partial charge < -0.3 is 10.4 Å². The first-order chi connectivity index (χ1) is 8.70. The maximum absolute atomic E-state index is 9.09. The Hall–Kier alpha value is -1.32. The van der Waals surface area contributed by atoms with Crippen molar-refractivity contribution in [1.82, 2.24) is 0 Å². The fourth-order valence-electron chi connectivity index (χ4n) is 1.82. The van der Waals surface area contributed by atoms with E-state index >= 15 is 0 Å². The number of nitrogens with one attached hydrogen (secondary N) is 1. The van der Waals surface area contributed by atoms with Gasteiger partial charge in [0.25, 0.3) is 0 Å². The molecule has 0 aliphatic heterocycles. The first kappa shape index (κ1) is 13.1. The number of anilines is 1. The van der Waals surface area contributed by atoms with Crippen molar-refractivity contribution in [2.45, 2.75) is 20.1 Å². The van der Waals surface area contributed by atoms with Gasteiger partial charge in [0, 0.05) is 16.7 Å². The molecule has 0 aromatic heterocycles. The van der Waals surface area contributed by atoms with Crippen molar-refractivity contribution < 1.29 is 5.11 Å². The molecule has 2 nitrogen and oxygen atoms in total. The molecule has 0 saturated carbocycles. The largest absolute Gasteiger partial charge is 0.392 e. The lowest BCUT2D eigenvalue weighted by Gasteiger charge is -2.11. The second-order valence-corrected chi connectivity index (χ2v) is 5.09. The third kappa shape index (κ3) is 3.12. The number of aliphatic hydroxyl groups excluding tert-OH is 1. The van der Waals surface area contributed by atoms with E-state index in [1.54, 1.807) is 0 Å². The molecule has 2 rings (SSSR count). The highest BCUT2D eigenvalue weighted by molar-refractivity contribution is 9.10. The van der Waals surface area contributed by atoms with Crippen LogP contribution in [0.1, 0.15) is 16.7 Å². The summed E-state index contributed by atoms with van der Waals surface area (Å²) in [6, 6.07) is 14.0. The zero-order chi connectivity index (χ0) is 13.0. The number of hydrogen-bond acceptors (Lipinski definition) is 2. The Morgan fingerprint density at radius 2 is 1.94 bits per heavy atom. The van der Waals surface area contributed by atoms with E-state index in [4.69, 9.17) is 5.11 Å². The highest BCUT2D eigenvalue weighted by Gasteiger charge is 2.01. The summed E-state index contributed by atoms with van der Waals surface area (Å²) in [6.07, 6.45) is 0. The summed E-state index contributed by atoms with van der Waals surface area (Å²) in [4.78, 5) is 0. The van der Waals surface area contributed by atoms with Gasteiger partial charge in [-0.15, -0.1) is 0 Å². The summed E-state index contributed by atoms with van der Waals surface area (Å²) in [7, 11) is 0. The van der Waals surface area contributed by atoms with Gasteiger partial charge in [-0.05, 0) is 41.8 Å². The van der Waals surface area contributed by atoms with Gasteiger partial charge >= 0.3 is 0 Å². The SMILES string of the molecule is Cc1c(Br)cccc1CNc1cccc(CO)c1. The van der Waals surface area contributed by atoms with Crippen LogP contribution in [0.3, 0.4) is 0 Å². The quantitative estimate of drug-likeness (QED) is 0.899. The Morgan fingerprint density at radius 3 is 2.72 bits per heavy atom. The van der Waals surface area contributed by atoms with Gasteiger partial charge in [-0.3, -0.25) is 0 Å². The number of hydrogen-bond donors (Lipinski definition) is 2. The molecular formula is C15H16BrNO. The molecule has 18 heavy (non-hydrogen) atoms. The Balaban J connectivity index is 2.09. The summed E-state index contributed by atoms with van der Waals surface area (Å²) in [5, 5.41) is 12.5. The first-order valence-corrected chi connectivity index (χ1v) is 6.67. The maximum Gasteiger partial charge on any atom is 0.0682 e. The normalized spacial score (nSPS) is 10.4. The van der Waals surface area contributed by atoms with Crippen LogP contribution < -0.4 is 5.32 Å². The molecule has 0 fully saturated rings. The molecule has 0 heterocycles. The average Bonchev–Trinajstić information content (AvgIpc) is 2.41. The van der Waals surface area contributed by atoms with Crippen LogP contribution in [0.2, 0.25) is 0 Å². The Morgan fingerprint density at radius 1 is 1.17 bits per heavy atom. The van der Waals surface area contributed by atoms with Crippen LogP contribution in [0, 0.1) is 6.92 Å². The van der Waals surface area contributed by atoms with E-state index in [0.717, 1.165) is 22.3 Å². The van der Waals surface area contributed by atoms with Crippen LogP contribution >= 0.6 is 15.9 Å². The zero-order valence-electron chi connectivity index (χ0n) is 10.3. The second kappa shape index (κ2) is 6.03. The Labute approximate surface area is 116 Å². The van der Waals surface area contributed by atoms with E-state index in [9.17, 15) is 0 Å². The van der Waals surface area contributed by atoms with E-state index in [1.807, 2.05) is 36.4 Å². The van der Waals surface area contributed by atoms with Gasteiger partial charge in [0.05, 0.1) is 6.61 Å². The molecule has 0 unspecified atom stereocenters. The van der Waals surface area contributed by atoms with Gasteiger partial charge in [-0.2, -0.15) is 0 Å². The van der Waals surface area contributed by atoms with E-state index in [2.05, 4.69) is 34.2 Å². The highest BCUT2D eigenvalue weighted by atomic mass is 79.9. The lowest BCUT2D eigenvalue weighted by Crippen LogP contribution is -2.02. The van der Waals surface area contributed by atoms with Crippen molar-refractivity contribution in [3.63, 3.8) is 0 Å². The summed E-state index contributed by atoms with van der Waals surface area (Å²) in [6.45, 7) is 2.96. The average molecular weight is 306 g/mol. The second-order valence-electron chi connectivity index (χ2n) is 4.24. The van der Waals surface area contributed by atoms with Crippen LogP contribution in [-0.4, -0.2) is 5.11 Å². The fraction of sp³-hybridized carbons (Fsp3) is 0.200. The van der Waals surface area contributed by atoms with Crippen molar-refractivity contribution in [2.75, 3.05) is 5.32 Å². The van der Waals surface area contributed by atoms with Crippen LogP contribution in [-0.2, 0) is 13.2 Å². The van der Waals surface area contributed by atoms with Crippen molar-refractivity contribution >= 4 is 21.6 Å². The standard InChI is InChI=1S/C15H16BrNO/c1-11-13(5-3-7-15(11)16)9-17-14-6-2-4-12(8-14)10-18/h2-8,17-18H,9-10H2,1H3. The monoisotopic (exact) mass is 305 g/mol. The lowest BCUT2D eigenvalue weighted by molar-refractivity contribution is 0.282. The van der Waals surface area contributed by atoms with Crippen LogP contribution in [0.15, 0.2) is 46.9 Å². The molecular weight excluding hydrogens is 290 g/mol. The van der Waals surface area contributed by atoms with Gasteiger partial charge in [-0.25, -0.2) is 0 Å². The number of halogens is 1. The molecule has 2 aromatic rings. The molecule has 0 radical (unpaired) electrons. The van der Waals surface area contributed by atoms with Crippen LogP contribution in [0.5, 0.6) is 0 Å². The molecule has 2 N–H and O–H groups in total. The molecule has 0 amide bonds. The molecule has 0 aliphatic carbocycles. The Kier molecular flexibility index (Phi) is 4.39. The van der Waals surface area contributed by atoms with Crippen molar-refractivity contribution in [3.05, 3.63) is 63.6 Å². The van der Waals surface area contributed by atoms with Gasteiger partial charge in [0.15, 0.2) is 0 Å². The number of rotatable bonds is 4. The minimum absolute atomic E-state index is 0.0748.